The van der Waals surface area contributed by atoms with E-state index in [1.165, 1.54) is 0 Å². The Hall–Kier alpha value is -2.19. The Balaban J connectivity index is 1.60. The summed E-state index contributed by atoms with van der Waals surface area (Å²) in [7, 11) is -3.66. The van der Waals surface area contributed by atoms with Gasteiger partial charge in [-0.2, -0.15) is 0 Å². The minimum Gasteiger partial charge on any atom is -0.420 e. The van der Waals surface area contributed by atoms with Gasteiger partial charge < -0.3 is 4.42 Å². The molecule has 0 amide bonds. The summed E-state index contributed by atoms with van der Waals surface area (Å²) >= 11 is 1.12. The van der Waals surface area contributed by atoms with E-state index in [0.29, 0.717) is 28.3 Å². The second kappa shape index (κ2) is 5.96. The Kier molecular flexibility index (Phi) is 3.88. The third kappa shape index (κ3) is 3.32. The van der Waals surface area contributed by atoms with Gasteiger partial charge in [0.1, 0.15) is 4.21 Å². The van der Waals surface area contributed by atoms with Crippen LogP contribution in [0.15, 0.2) is 39.0 Å². The molecule has 0 unspecified atom stereocenters. The fraction of sp³-hybridized carbons (Fsp3) is 0.294. The number of thiophene rings is 1. The minimum atomic E-state index is -3.66. The fourth-order valence-electron chi connectivity index (χ4n) is 2.45. The Labute approximate surface area is 150 Å². The van der Waals surface area contributed by atoms with E-state index in [4.69, 9.17) is 4.42 Å². The van der Waals surface area contributed by atoms with Gasteiger partial charge in [-0.05, 0) is 56.0 Å². The first kappa shape index (κ1) is 16.3. The van der Waals surface area contributed by atoms with Crippen molar-refractivity contribution in [2.45, 2.75) is 36.8 Å². The summed E-state index contributed by atoms with van der Waals surface area (Å²) in [6, 6.07) is 8.93. The number of hydrogen-bond acceptors (Lipinski definition) is 6. The minimum absolute atomic E-state index is 0.217. The number of rotatable bonds is 5. The third-order valence-electron chi connectivity index (χ3n) is 4.06. The molecule has 1 aliphatic rings. The summed E-state index contributed by atoms with van der Waals surface area (Å²) < 4.78 is 33.9. The number of nitrogens with one attached hydrogen (secondary N) is 1. The van der Waals surface area contributed by atoms with Crippen LogP contribution < -0.4 is 4.72 Å². The molecule has 1 saturated carbocycles. The Bertz CT molecular complexity index is 1030. The quantitative estimate of drug-likeness (QED) is 0.726. The highest BCUT2D eigenvalue weighted by atomic mass is 32.2. The van der Waals surface area contributed by atoms with Crippen molar-refractivity contribution in [3.05, 3.63) is 47.3 Å². The lowest BCUT2D eigenvalue weighted by molar-refractivity contribution is 0.509. The maximum Gasteiger partial charge on any atom is 0.271 e. The summed E-state index contributed by atoms with van der Waals surface area (Å²) in [6.45, 7) is 3.79. The molecule has 25 heavy (non-hydrogen) atoms. The maximum absolute atomic E-state index is 12.7. The Morgan fingerprint density at radius 2 is 1.96 bits per heavy atom. The number of benzene rings is 1. The van der Waals surface area contributed by atoms with Gasteiger partial charge in [0.2, 0.25) is 5.89 Å². The first-order chi connectivity index (χ1) is 11.9. The summed E-state index contributed by atoms with van der Waals surface area (Å²) in [5.74, 6) is 1.39. The highest BCUT2D eigenvalue weighted by Gasteiger charge is 2.30. The number of hydrogen-bond donors (Lipinski definition) is 1. The maximum atomic E-state index is 12.7. The van der Waals surface area contributed by atoms with Crippen molar-refractivity contribution in [3.8, 4) is 10.8 Å². The van der Waals surface area contributed by atoms with Crippen LogP contribution in [-0.4, -0.2) is 18.6 Å². The largest absolute Gasteiger partial charge is 0.420 e. The lowest BCUT2D eigenvalue weighted by Gasteiger charge is -2.10. The lowest BCUT2D eigenvalue weighted by Crippen LogP contribution is -2.12. The number of sulfonamides is 1. The lowest BCUT2D eigenvalue weighted by atomic mass is 10.1. The standard InChI is InChI=1S/C17H17N3O3S2/c1-10-3-4-11(2)13(9-10)20-25(21,22)15-8-7-14(24-15)17-19-18-16(23-17)12-5-6-12/h3-4,7-9,12,20H,5-6H2,1-2H3. The van der Waals surface area contributed by atoms with E-state index in [1.807, 2.05) is 32.0 Å². The van der Waals surface area contributed by atoms with Crippen LogP contribution in [0.25, 0.3) is 10.8 Å². The van der Waals surface area contributed by atoms with Crippen molar-refractivity contribution >= 4 is 27.0 Å². The van der Waals surface area contributed by atoms with Crippen LogP contribution in [-0.2, 0) is 10.0 Å². The molecule has 0 aliphatic heterocycles. The molecule has 1 fully saturated rings. The number of aryl methyl sites for hydroxylation is 2. The second-order valence-electron chi connectivity index (χ2n) is 6.26. The van der Waals surface area contributed by atoms with E-state index in [0.717, 1.165) is 35.3 Å². The van der Waals surface area contributed by atoms with E-state index >= 15 is 0 Å². The van der Waals surface area contributed by atoms with Crippen molar-refractivity contribution in [2.75, 3.05) is 4.72 Å². The molecule has 6 nitrogen and oxygen atoms in total. The summed E-state index contributed by atoms with van der Waals surface area (Å²) in [6.07, 6.45) is 2.15. The van der Waals surface area contributed by atoms with Gasteiger partial charge in [0.05, 0.1) is 10.6 Å². The third-order valence-corrected chi connectivity index (χ3v) is 6.99. The molecule has 1 aliphatic carbocycles. The molecule has 1 aromatic carbocycles. The Morgan fingerprint density at radius 3 is 2.72 bits per heavy atom. The molecule has 130 valence electrons. The van der Waals surface area contributed by atoms with Crippen LogP contribution in [0.2, 0.25) is 0 Å². The van der Waals surface area contributed by atoms with E-state index in [1.54, 1.807) is 12.1 Å². The molecule has 0 bridgehead atoms. The summed E-state index contributed by atoms with van der Waals surface area (Å²) in [5, 5.41) is 8.07. The molecule has 2 aromatic heterocycles. The van der Waals surface area contributed by atoms with E-state index < -0.39 is 10.0 Å². The van der Waals surface area contributed by atoms with Gasteiger partial charge in [-0.25, -0.2) is 8.42 Å². The molecule has 0 radical (unpaired) electrons. The predicted molar refractivity (Wildman–Crippen MR) is 96.3 cm³/mol. The molecule has 0 atom stereocenters. The van der Waals surface area contributed by atoms with Gasteiger partial charge >= 0.3 is 0 Å². The summed E-state index contributed by atoms with van der Waals surface area (Å²) in [4.78, 5) is 0.653. The fourth-order valence-corrected chi connectivity index (χ4v) is 4.80. The van der Waals surface area contributed by atoms with Gasteiger partial charge in [-0.1, -0.05) is 12.1 Å². The monoisotopic (exact) mass is 375 g/mol. The van der Waals surface area contributed by atoms with Crippen molar-refractivity contribution in [1.82, 2.24) is 10.2 Å². The summed E-state index contributed by atoms with van der Waals surface area (Å²) in [5.41, 5.74) is 2.45. The molecule has 0 saturated heterocycles. The number of aromatic nitrogens is 2. The molecular formula is C17H17N3O3S2. The second-order valence-corrected chi connectivity index (χ2v) is 9.26. The first-order valence-electron chi connectivity index (χ1n) is 7.96. The Morgan fingerprint density at radius 1 is 1.16 bits per heavy atom. The van der Waals surface area contributed by atoms with Gasteiger partial charge in [-0.3, -0.25) is 4.72 Å². The van der Waals surface area contributed by atoms with Crippen LogP contribution in [0.1, 0.15) is 35.8 Å². The number of nitrogens with zero attached hydrogens (tertiary/aromatic N) is 2. The smallest absolute Gasteiger partial charge is 0.271 e. The van der Waals surface area contributed by atoms with Crippen LogP contribution >= 0.6 is 11.3 Å². The zero-order valence-electron chi connectivity index (χ0n) is 13.8. The SMILES string of the molecule is Cc1ccc(C)c(NS(=O)(=O)c2ccc(-c3nnc(C4CC4)o3)s2)c1. The highest BCUT2D eigenvalue weighted by molar-refractivity contribution is 7.94. The average Bonchev–Trinajstić information content (AvgIpc) is 3.10. The molecular weight excluding hydrogens is 358 g/mol. The van der Waals surface area contributed by atoms with Crippen LogP contribution in [0.5, 0.6) is 0 Å². The number of anilines is 1. The van der Waals surface area contributed by atoms with Crippen LogP contribution in [0, 0.1) is 13.8 Å². The van der Waals surface area contributed by atoms with Gasteiger partial charge in [-0.15, -0.1) is 21.5 Å². The van der Waals surface area contributed by atoms with Crippen molar-refractivity contribution in [3.63, 3.8) is 0 Å². The highest BCUT2D eigenvalue weighted by Crippen LogP contribution is 2.40. The molecule has 4 rings (SSSR count). The van der Waals surface area contributed by atoms with Gasteiger partial charge in [0, 0.05) is 5.92 Å². The van der Waals surface area contributed by atoms with E-state index in [-0.39, 0.29) is 4.21 Å². The van der Waals surface area contributed by atoms with Crippen molar-refractivity contribution in [1.29, 1.82) is 0 Å². The molecule has 1 N–H and O–H groups in total. The van der Waals surface area contributed by atoms with Gasteiger partial charge in [0.25, 0.3) is 15.9 Å². The normalized spacial score (nSPS) is 14.6. The van der Waals surface area contributed by atoms with Crippen LogP contribution in [0.3, 0.4) is 0 Å². The first-order valence-corrected chi connectivity index (χ1v) is 10.3. The van der Waals surface area contributed by atoms with E-state index in [9.17, 15) is 8.42 Å². The van der Waals surface area contributed by atoms with Gasteiger partial charge in [0.15, 0.2) is 0 Å². The molecule has 3 aromatic rings. The molecule has 0 spiro atoms. The zero-order valence-corrected chi connectivity index (χ0v) is 15.4. The topological polar surface area (TPSA) is 85.1 Å². The van der Waals surface area contributed by atoms with E-state index in [2.05, 4.69) is 14.9 Å². The average molecular weight is 375 g/mol. The zero-order chi connectivity index (χ0) is 17.6. The predicted octanol–water partition coefficient (Wildman–Crippen LogP) is 4.09. The van der Waals surface area contributed by atoms with Crippen molar-refractivity contribution in [2.24, 2.45) is 0 Å². The molecule has 2 heterocycles. The van der Waals surface area contributed by atoms with Crippen LogP contribution in [0.4, 0.5) is 5.69 Å². The molecule has 8 heteroatoms. The van der Waals surface area contributed by atoms with Crippen molar-refractivity contribution < 1.29 is 12.8 Å².